The summed E-state index contributed by atoms with van der Waals surface area (Å²) < 4.78 is 5.27. The Balaban J connectivity index is 1.62. The van der Waals surface area contributed by atoms with E-state index in [2.05, 4.69) is 15.5 Å². The predicted molar refractivity (Wildman–Crippen MR) is 104 cm³/mol. The van der Waals surface area contributed by atoms with Crippen molar-refractivity contribution in [3.8, 4) is 5.75 Å². The quantitative estimate of drug-likeness (QED) is 0.227. The Morgan fingerprint density at radius 1 is 1.03 bits per heavy atom. The van der Waals surface area contributed by atoms with Crippen LogP contribution in [0.3, 0.4) is 0 Å². The number of hydrogen-bond donors (Lipinski definition) is 1. The number of aromatic nitrogens is 1. The van der Waals surface area contributed by atoms with Gasteiger partial charge in [0.25, 0.3) is 11.6 Å². The smallest absolute Gasteiger partial charge is 0.343 e. The van der Waals surface area contributed by atoms with E-state index < -0.39 is 10.9 Å². The lowest BCUT2D eigenvalue weighted by molar-refractivity contribution is -0.384. The van der Waals surface area contributed by atoms with Gasteiger partial charge in [0.05, 0.1) is 16.7 Å². The summed E-state index contributed by atoms with van der Waals surface area (Å²) in [6, 6.07) is 14.7. The molecule has 0 bridgehead atoms. The molecule has 0 aliphatic carbocycles. The van der Waals surface area contributed by atoms with Crippen LogP contribution in [0.5, 0.6) is 5.75 Å². The third kappa shape index (κ3) is 5.30. The van der Waals surface area contributed by atoms with Crippen LogP contribution in [-0.2, 0) is 0 Å². The number of nitro benzene ring substituents is 1. The topological polar surface area (TPSA) is 124 Å². The van der Waals surface area contributed by atoms with E-state index in [0.29, 0.717) is 11.1 Å². The molecule has 0 aliphatic rings. The van der Waals surface area contributed by atoms with Gasteiger partial charge < -0.3 is 4.74 Å². The molecule has 0 spiro atoms. The van der Waals surface area contributed by atoms with Crippen molar-refractivity contribution < 1.29 is 19.2 Å². The SMILES string of the molecule is O=C(N/N=C\c1cccc(OC(=O)c2ccc([N+](=O)[O-])cc2)c1)c1ccncc1. The minimum Gasteiger partial charge on any atom is -0.423 e. The Labute approximate surface area is 164 Å². The van der Waals surface area contributed by atoms with Gasteiger partial charge in [0.2, 0.25) is 0 Å². The minimum absolute atomic E-state index is 0.117. The summed E-state index contributed by atoms with van der Waals surface area (Å²) in [5, 5.41) is 14.5. The number of carbonyl (C=O) groups excluding carboxylic acids is 2. The Bertz CT molecular complexity index is 1070. The first-order valence-corrected chi connectivity index (χ1v) is 8.33. The first kappa shape index (κ1) is 19.4. The summed E-state index contributed by atoms with van der Waals surface area (Å²) in [7, 11) is 0. The third-order valence-corrected chi connectivity index (χ3v) is 3.70. The van der Waals surface area contributed by atoms with E-state index in [0.717, 1.165) is 0 Å². The summed E-state index contributed by atoms with van der Waals surface area (Å²) >= 11 is 0. The molecule has 29 heavy (non-hydrogen) atoms. The standard InChI is InChI=1S/C20H14N4O5/c25-19(15-8-10-21-11-9-15)23-22-13-14-2-1-3-18(12-14)29-20(26)16-4-6-17(7-5-16)24(27)28/h1-13H,(H,23,25)/b22-13-. The summed E-state index contributed by atoms with van der Waals surface area (Å²) in [5.74, 6) is -0.776. The molecule has 3 rings (SSSR count). The zero-order valence-electron chi connectivity index (χ0n) is 14.9. The van der Waals surface area contributed by atoms with Crippen molar-refractivity contribution in [3.05, 3.63) is 99.9 Å². The highest BCUT2D eigenvalue weighted by molar-refractivity contribution is 5.95. The number of amides is 1. The fourth-order valence-electron chi connectivity index (χ4n) is 2.28. The molecule has 0 saturated heterocycles. The molecule has 1 amide bonds. The highest BCUT2D eigenvalue weighted by Gasteiger charge is 2.11. The molecule has 3 aromatic rings. The Kier molecular flexibility index (Phi) is 6.01. The van der Waals surface area contributed by atoms with Crippen molar-refractivity contribution in [2.75, 3.05) is 0 Å². The lowest BCUT2D eigenvalue weighted by atomic mass is 10.2. The van der Waals surface area contributed by atoms with Crippen LogP contribution in [0.25, 0.3) is 0 Å². The van der Waals surface area contributed by atoms with E-state index in [1.807, 2.05) is 0 Å². The van der Waals surface area contributed by atoms with Gasteiger partial charge in [0.1, 0.15) is 5.75 Å². The maximum atomic E-state index is 12.2. The summed E-state index contributed by atoms with van der Waals surface area (Å²) in [6.07, 6.45) is 4.41. The van der Waals surface area contributed by atoms with Crippen molar-refractivity contribution in [3.63, 3.8) is 0 Å². The molecule has 1 aromatic heterocycles. The second-order valence-electron chi connectivity index (χ2n) is 5.70. The monoisotopic (exact) mass is 390 g/mol. The average molecular weight is 390 g/mol. The lowest BCUT2D eigenvalue weighted by Gasteiger charge is -2.05. The number of nitrogens with zero attached hydrogens (tertiary/aromatic N) is 3. The molecule has 0 fully saturated rings. The molecular weight excluding hydrogens is 376 g/mol. The highest BCUT2D eigenvalue weighted by Crippen LogP contribution is 2.16. The molecule has 0 radical (unpaired) electrons. The second-order valence-corrected chi connectivity index (χ2v) is 5.70. The second kappa shape index (κ2) is 9.00. The third-order valence-electron chi connectivity index (χ3n) is 3.70. The van der Waals surface area contributed by atoms with Crippen molar-refractivity contribution >= 4 is 23.8 Å². The molecule has 144 valence electrons. The van der Waals surface area contributed by atoms with E-state index in [1.54, 1.807) is 36.4 Å². The van der Waals surface area contributed by atoms with Gasteiger partial charge in [-0.15, -0.1) is 0 Å². The van der Waals surface area contributed by atoms with Crippen molar-refractivity contribution in [1.29, 1.82) is 0 Å². The van der Waals surface area contributed by atoms with Gasteiger partial charge in [-0.3, -0.25) is 19.9 Å². The minimum atomic E-state index is -0.653. The van der Waals surface area contributed by atoms with Crippen molar-refractivity contribution in [1.82, 2.24) is 10.4 Å². The molecule has 9 nitrogen and oxygen atoms in total. The zero-order valence-corrected chi connectivity index (χ0v) is 14.9. The number of ether oxygens (including phenoxy) is 1. The number of hydrogen-bond acceptors (Lipinski definition) is 7. The van der Waals surface area contributed by atoms with Crippen LogP contribution < -0.4 is 10.2 Å². The summed E-state index contributed by atoms with van der Waals surface area (Å²) in [6.45, 7) is 0. The highest BCUT2D eigenvalue weighted by atomic mass is 16.6. The van der Waals surface area contributed by atoms with Gasteiger partial charge in [0.15, 0.2) is 0 Å². The largest absolute Gasteiger partial charge is 0.423 e. The number of esters is 1. The van der Waals surface area contributed by atoms with E-state index >= 15 is 0 Å². The van der Waals surface area contributed by atoms with Crippen LogP contribution >= 0.6 is 0 Å². The molecule has 0 aliphatic heterocycles. The number of rotatable bonds is 6. The van der Waals surface area contributed by atoms with E-state index in [4.69, 9.17) is 4.74 Å². The Hall–Kier alpha value is -4.40. The molecule has 1 heterocycles. The number of benzene rings is 2. The predicted octanol–water partition coefficient (Wildman–Crippen LogP) is 2.97. The van der Waals surface area contributed by atoms with Gasteiger partial charge in [-0.25, -0.2) is 10.2 Å². The Morgan fingerprint density at radius 2 is 1.76 bits per heavy atom. The van der Waals surface area contributed by atoms with Crippen LogP contribution in [0.15, 0.2) is 78.2 Å². The first-order chi connectivity index (χ1) is 14.0. The van der Waals surface area contributed by atoms with Gasteiger partial charge >= 0.3 is 5.97 Å². The number of nitro groups is 1. The van der Waals surface area contributed by atoms with E-state index in [1.165, 1.54) is 42.9 Å². The van der Waals surface area contributed by atoms with E-state index in [9.17, 15) is 19.7 Å². The molecular formula is C20H14N4O5. The molecule has 9 heteroatoms. The maximum Gasteiger partial charge on any atom is 0.343 e. The lowest BCUT2D eigenvalue weighted by Crippen LogP contribution is -2.17. The molecule has 2 aromatic carbocycles. The number of pyridine rings is 1. The van der Waals surface area contributed by atoms with Crippen LogP contribution in [0, 0.1) is 10.1 Å². The van der Waals surface area contributed by atoms with Gasteiger partial charge in [-0.05, 0) is 42.0 Å². The fourth-order valence-corrected chi connectivity index (χ4v) is 2.28. The van der Waals surface area contributed by atoms with Crippen LogP contribution in [0.2, 0.25) is 0 Å². The number of nitrogens with one attached hydrogen (secondary N) is 1. The summed E-state index contributed by atoms with van der Waals surface area (Å²) in [5.41, 5.74) is 3.46. The number of non-ortho nitro benzene ring substituents is 1. The molecule has 0 unspecified atom stereocenters. The first-order valence-electron chi connectivity index (χ1n) is 8.33. The molecule has 1 N–H and O–H groups in total. The summed E-state index contributed by atoms with van der Waals surface area (Å²) in [4.78, 5) is 38.0. The zero-order chi connectivity index (χ0) is 20.6. The Morgan fingerprint density at radius 3 is 2.45 bits per heavy atom. The van der Waals surface area contributed by atoms with E-state index in [-0.39, 0.29) is 22.9 Å². The number of hydrazone groups is 1. The van der Waals surface area contributed by atoms with Crippen LogP contribution in [-0.4, -0.2) is 28.0 Å². The van der Waals surface area contributed by atoms with Crippen LogP contribution in [0.1, 0.15) is 26.3 Å². The normalized spacial score (nSPS) is 10.5. The van der Waals surface area contributed by atoms with Crippen LogP contribution in [0.4, 0.5) is 5.69 Å². The van der Waals surface area contributed by atoms with Crippen molar-refractivity contribution in [2.45, 2.75) is 0 Å². The molecule has 0 atom stereocenters. The van der Waals surface area contributed by atoms with Crippen molar-refractivity contribution in [2.24, 2.45) is 5.10 Å². The average Bonchev–Trinajstić information content (AvgIpc) is 2.74. The van der Waals surface area contributed by atoms with Gasteiger partial charge in [-0.2, -0.15) is 5.10 Å². The maximum absolute atomic E-state index is 12.2. The number of carbonyl (C=O) groups is 2. The van der Waals surface area contributed by atoms with Gasteiger partial charge in [-0.1, -0.05) is 12.1 Å². The molecule has 0 saturated carbocycles. The van der Waals surface area contributed by atoms with Gasteiger partial charge in [0, 0.05) is 30.1 Å². The fraction of sp³-hybridized carbons (Fsp3) is 0.